The molecule has 0 aromatic heterocycles. The molecule has 3 rings (SSSR count). The van der Waals surface area contributed by atoms with E-state index in [9.17, 15) is 4.39 Å². The highest BCUT2D eigenvalue weighted by atomic mass is 19.1. The Kier molecular flexibility index (Phi) is 2.97. The summed E-state index contributed by atoms with van der Waals surface area (Å²) in [7, 11) is 2.11. The van der Waals surface area contributed by atoms with Gasteiger partial charge >= 0.3 is 0 Å². The van der Waals surface area contributed by atoms with Gasteiger partial charge in [0.15, 0.2) is 0 Å². The molecular weight excluding hydrogens is 237 g/mol. The standard InChI is InChI=1S/C17H24FN/c1-17(2,3)14-8-11-6-5-7-12-9-19(4)10-13(15(11)12)16(14)18/h8,12H,5-7,9-10H2,1-4H3. The molecule has 1 unspecified atom stereocenters. The Bertz CT molecular complexity index is 513. The molecule has 0 amide bonds. The van der Waals surface area contributed by atoms with Crippen molar-refractivity contribution in [1.29, 1.82) is 0 Å². The third-order valence-corrected chi connectivity index (χ3v) is 4.67. The van der Waals surface area contributed by atoms with Crippen LogP contribution in [0.3, 0.4) is 0 Å². The van der Waals surface area contributed by atoms with Crippen molar-refractivity contribution in [2.45, 2.75) is 57.9 Å². The van der Waals surface area contributed by atoms with E-state index in [0.29, 0.717) is 5.92 Å². The normalized spacial score (nSPS) is 23.3. The molecule has 19 heavy (non-hydrogen) atoms. The quantitative estimate of drug-likeness (QED) is 0.682. The predicted molar refractivity (Wildman–Crippen MR) is 77.1 cm³/mol. The van der Waals surface area contributed by atoms with Gasteiger partial charge in [0.25, 0.3) is 0 Å². The van der Waals surface area contributed by atoms with Crippen molar-refractivity contribution < 1.29 is 4.39 Å². The van der Waals surface area contributed by atoms with Crippen LogP contribution in [0, 0.1) is 5.82 Å². The number of halogens is 1. The number of hydrogen-bond donors (Lipinski definition) is 0. The molecule has 1 aromatic rings. The van der Waals surface area contributed by atoms with E-state index in [0.717, 1.165) is 30.6 Å². The average molecular weight is 261 g/mol. The SMILES string of the molecule is CN1Cc2c(F)c(C(C)(C)C)cc3c2C(CCC3)C1. The van der Waals surface area contributed by atoms with E-state index >= 15 is 0 Å². The Morgan fingerprint density at radius 2 is 2.05 bits per heavy atom. The van der Waals surface area contributed by atoms with Crippen LogP contribution in [0.15, 0.2) is 6.07 Å². The van der Waals surface area contributed by atoms with Crippen molar-refractivity contribution in [2.24, 2.45) is 0 Å². The van der Waals surface area contributed by atoms with Gasteiger partial charge in [0, 0.05) is 18.7 Å². The van der Waals surface area contributed by atoms with Gasteiger partial charge in [-0.25, -0.2) is 4.39 Å². The minimum Gasteiger partial charge on any atom is -0.301 e. The molecule has 1 nitrogen and oxygen atoms in total. The van der Waals surface area contributed by atoms with Gasteiger partial charge in [-0.05, 0) is 54.3 Å². The predicted octanol–water partition coefficient (Wildman–Crippen LogP) is 3.99. The first kappa shape index (κ1) is 13.1. The van der Waals surface area contributed by atoms with Crippen LogP contribution < -0.4 is 0 Å². The molecule has 2 aliphatic rings. The molecule has 0 saturated carbocycles. The first-order valence-electron chi connectivity index (χ1n) is 7.41. The molecule has 1 atom stereocenters. The van der Waals surface area contributed by atoms with Crippen molar-refractivity contribution in [3.8, 4) is 0 Å². The van der Waals surface area contributed by atoms with E-state index in [-0.39, 0.29) is 11.2 Å². The van der Waals surface area contributed by atoms with Crippen molar-refractivity contribution in [3.63, 3.8) is 0 Å². The molecule has 0 radical (unpaired) electrons. The fourth-order valence-corrected chi connectivity index (χ4v) is 3.78. The number of rotatable bonds is 0. The van der Waals surface area contributed by atoms with E-state index in [2.05, 4.69) is 38.8 Å². The Labute approximate surface area is 115 Å². The largest absolute Gasteiger partial charge is 0.301 e. The number of benzene rings is 1. The first-order chi connectivity index (χ1) is 8.88. The van der Waals surface area contributed by atoms with Crippen molar-refractivity contribution >= 4 is 0 Å². The fourth-order valence-electron chi connectivity index (χ4n) is 3.78. The Balaban J connectivity index is 2.23. The third kappa shape index (κ3) is 2.10. The summed E-state index contributed by atoms with van der Waals surface area (Å²) in [6.07, 6.45) is 3.60. The fraction of sp³-hybridized carbons (Fsp3) is 0.647. The second kappa shape index (κ2) is 4.31. The zero-order chi connectivity index (χ0) is 13.8. The minimum absolute atomic E-state index is 0.0599. The maximum Gasteiger partial charge on any atom is 0.131 e. The summed E-state index contributed by atoms with van der Waals surface area (Å²) in [5, 5.41) is 0. The lowest BCUT2D eigenvalue weighted by atomic mass is 9.74. The molecule has 1 aliphatic carbocycles. The maximum atomic E-state index is 14.9. The molecular formula is C17H24FN. The summed E-state index contributed by atoms with van der Waals surface area (Å²) in [4.78, 5) is 2.28. The third-order valence-electron chi connectivity index (χ3n) is 4.67. The summed E-state index contributed by atoms with van der Waals surface area (Å²) in [5.74, 6) is 0.616. The number of nitrogens with zero attached hydrogens (tertiary/aromatic N) is 1. The van der Waals surface area contributed by atoms with Gasteiger partial charge in [0.2, 0.25) is 0 Å². The summed E-state index contributed by atoms with van der Waals surface area (Å²) in [6.45, 7) is 8.19. The van der Waals surface area contributed by atoms with Crippen LogP contribution in [0.25, 0.3) is 0 Å². The summed E-state index contributed by atoms with van der Waals surface area (Å²) >= 11 is 0. The topological polar surface area (TPSA) is 3.24 Å². The average Bonchev–Trinajstić information content (AvgIpc) is 2.31. The van der Waals surface area contributed by atoms with Crippen molar-refractivity contribution in [2.75, 3.05) is 13.6 Å². The van der Waals surface area contributed by atoms with Crippen LogP contribution >= 0.6 is 0 Å². The molecule has 0 N–H and O–H groups in total. The zero-order valence-corrected chi connectivity index (χ0v) is 12.5. The van der Waals surface area contributed by atoms with Crippen LogP contribution in [0.2, 0.25) is 0 Å². The highest BCUT2D eigenvalue weighted by molar-refractivity contribution is 5.47. The molecule has 2 heteroatoms. The van der Waals surface area contributed by atoms with Crippen LogP contribution in [0.4, 0.5) is 4.39 Å². The second-order valence-corrected chi connectivity index (χ2v) is 7.33. The molecule has 0 fully saturated rings. The lowest BCUT2D eigenvalue weighted by Crippen LogP contribution is -2.34. The van der Waals surface area contributed by atoms with Gasteiger partial charge < -0.3 is 4.90 Å². The number of likely N-dealkylation sites (N-methyl/N-ethyl adjacent to an activating group) is 1. The van der Waals surface area contributed by atoms with E-state index in [1.165, 1.54) is 24.0 Å². The van der Waals surface area contributed by atoms with Crippen LogP contribution in [-0.4, -0.2) is 18.5 Å². The second-order valence-electron chi connectivity index (χ2n) is 7.33. The summed E-state index contributed by atoms with van der Waals surface area (Å²) in [5.41, 5.74) is 4.55. The molecule has 0 spiro atoms. The van der Waals surface area contributed by atoms with Crippen LogP contribution in [0.1, 0.15) is 61.8 Å². The van der Waals surface area contributed by atoms with Gasteiger partial charge in [-0.15, -0.1) is 0 Å². The molecule has 1 aliphatic heterocycles. The van der Waals surface area contributed by atoms with Crippen molar-refractivity contribution in [1.82, 2.24) is 4.90 Å². The van der Waals surface area contributed by atoms with Gasteiger partial charge in [-0.1, -0.05) is 26.8 Å². The summed E-state index contributed by atoms with van der Waals surface area (Å²) in [6, 6.07) is 2.16. The lowest BCUT2D eigenvalue weighted by molar-refractivity contribution is 0.259. The number of aryl methyl sites for hydroxylation is 1. The van der Waals surface area contributed by atoms with Gasteiger partial charge in [-0.3, -0.25) is 0 Å². The minimum atomic E-state index is -0.113. The van der Waals surface area contributed by atoms with Gasteiger partial charge in [0.1, 0.15) is 5.82 Å². The lowest BCUT2D eigenvalue weighted by Gasteiger charge is -2.38. The zero-order valence-electron chi connectivity index (χ0n) is 12.5. The molecule has 0 bridgehead atoms. The van der Waals surface area contributed by atoms with Crippen LogP contribution in [-0.2, 0) is 18.4 Å². The van der Waals surface area contributed by atoms with Crippen LogP contribution in [0.5, 0.6) is 0 Å². The molecule has 1 aromatic carbocycles. The monoisotopic (exact) mass is 261 g/mol. The molecule has 1 heterocycles. The Morgan fingerprint density at radius 1 is 1.32 bits per heavy atom. The summed E-state index contributed by atoms with van der Waals surface area (Å²) < 4.78 is 14.9. The molecule has 104 valence electrons. The molecule has 0 saturated heterocycles. The van der Waals surface area contributed by atoms with E-state index in [1.54, 1.807) is 0 Å². The van der Waals surface area contributed by atoms with E-state index < -0.39 is 0 Å². The highest BCUT2D eigenvalue weighted by Crippen LogP contribution is 2.42. The van der Waals surface area contributed by atoms with Gasteiger partial charge in [0.05, 0.1) is 0 Å². The first-order valence-corrected chi connectivity index (χ1v) is 7.41. The van der Waals surface area contributed by atoms with Crippen molar-refractivity contribution in [3.05, 3.63) is 34.1 Å². The van der Waals surface area contributed by atoms with Gasteiger partial charge in [-0.2, -0.15) is 0 Å². The van der Waals surface area contributed by atoms with E-state index in [4.69, 9.17) is 0 Å². The van der Waals surface area contributed by atoms with E-state index in [1.807, 2.05) is 0 Å². The maximum absolute atomic E-state index is 14.9. The highest BCUT2D eigenvalue weighted by Gasteiger charge is 2.33. The Hall–Kier alpha value is -0.890. The Morgan fingerprint density at radius 3 is 2.74 bits per heavy atom. The number of hydrogen-bond acceptors (Lipinski definition) is 1. The smallest absolute Gasteiger partial charge is 0.131 e.